The van der Waals surface area contributed by atoms with Gasteiger partial charge in [0.05, 0.1) is 12.8 Å². The lowest BCUT2D eigenvalue weighted by molar-refractivity contribution is 0.0952. The van der Waals surface area contributed by atoms with Gasteiger partial charge in [-0.3, -0.25) is 9.10 Å². The van der Waals surface area contributed by atoms with Crippen molar-refractivity contribution in [3.05, 3.63) is 53.6 Å². The van der Waals surface area contributed by atoms with E-state index in [1.165, 1.54) is 17.5 Å². The zero-order valence-electron chi connectivity index (χ0n) is 17.0. The van der Waals surface area contributed by atoms with Gasteiger partial charge in [-0.05, 0) is 49.1 Å². The smallest absolute Gasteiger partial charge is 0.268 e. The molecule has 0 saturated heterocycles. The van der Waals surface area contributed by atoms with Gasteiger partial charge in [-0.15, -0.1) is 0 Å². The van der Waals surface area contributed by atoms with Crippen LogP contribution < -0.4 is 14.4 Å². The highest BCUT2D eigenvalue weighted by molar-refractivity contribution is 7.93. The molecule has 1 heterocycles. The van der Waals surface area contributed by atoms with Gasteiger partial charge in [-0.1, -0.05) is 38.0 Å². The number of ether oxygens (including phenoxy) is 1. The summed E-state index contributed by atoms with van der Waals surface area (Å²) in [6.07, 6.45) is 4.60. The maximum absolute atomic E-state index is 13.5. The van der Waals surface area contributed by atoms with Crippen molar-refractivity contribution in [2.45, 2.75) is 43.9 Å². The number of carbonyl (C=O) groups excluding carboxylic acids is 1. The van der Waals surface area contributed by atoms with E-state index in [9.17, 15) is 13.2 Å². The largest absolute Gasteiger partial charge is 0.495 e. The average molecular weight is 417 g/mol. The second-order valence-corrected chi connectivity index (χ2v) is 8.97. The Morgan fingerprint density at radius 2 is 1.97 bits per heavy atom. The summed E-state index contributed by atoms with van der Waals surface area (Å²) in [6, 6.07) is 12.1. The number of hydrogen-bond donors (Lipinski definition) is 1. The van der Waals surface area contributed by atoms with Crippen molar-refractivity contribution in [3.63, 3.8) is 0 Å². The van der Waals surface area contributed by atoms with Crippen molar-refractivity contribution in [2.24, 2.45) is 0 Å². The number of rotatable bonds is 8. The fraction of sp³-hybridized carbons (Fsp3) is 0.409. The van der Waals surface area contributed by atoms with E-state index in [1.807, 2.05) is 24.3 Å². The number of aryl methyl sites for hydroxylation is 1. The number of nitrogens with one attached hydrogen (secondary N) is 1. The fourth-order valence-corrected chi connectivity index (χ4v) is 5.29. The van der Waals surface area contributed by atoms with Gasteiger partial charge in [0.1, 0.15) is 10.6 Å². The third-order valence-corrected chi connectivity index (χ3v) is 6.96. The number of amides is 1. The first-order chi connectivity index (χ1) is 14.0. The number of carbonyl (C=O) groups is 1. The zero-order chi connectivity index (χ0) is 20.9. The molecule has 1 aliphatic heterocycles. The van der Waals surface area contributed by atoms with E-state index in [0.29, 0.717) is 24.3 Å². The number of benzene rings is 2. The number of sulfonamides is 1. The van der Waals surface area contributed by atoms with Crippen LogP contribution in [0, 0.1) is 0 Å². The van der Waals surface area contributed by atoms with E-state index in [1.54, 1.807) is 12.1 Å². The molecule has 3 rings (SSSR count). The third-order valence-electron chi connectivity index (χ3n) is 5.13. The quantitative estimate of drug-likeness (QED) is 0.665. The van der Waals surface area contributed by atoms with Gasteiger partial charge in [-0.25, -0.2) is 8.42 Å². The summed E-state index contributed by atoms with van der Waals surface area (Å²) in [5.74, 6) is -0.0464. The summed E-state index contributed by atoms with van der Waals surface area (Å²) in [5, 5.41) is 2.86. The third kappa shape index (κ3) is 4.56. The highest BCUT2D eigenvalue weighted by Gasteiger charge is 2.32. The molecule has 0 aliphatic carbocycles. The van der Waals surface area contributed by atoms with E-state index in [0.717, 1.165) is 37.7 Å². The molecule has 0 unspecified atom stereocenters. The fourth-order valence-electron chi connectivity index (χ4n) is 3.57. The molecule has 29 heavy (non-hydrogen) atoms. The number of nitrogens with zero attached hydrogens (tertiary/aromatic N) is 1. The Balaban J connectivity index is 1.94. The van der Waals surface area contributed by atoms with E-state index in [2.05, 4.69) is 12.2 Å². The number of fused-ring (bicyclic) bond motifs is 1. The van der Waals surface area contributed by atoms with Gasteiger partial charge >= 0.3 is 0 Å². The number of methoxy groups -OCH3 is 1. The van der Waals surface area contributed by atoms with Crippen molar-refractivity contribution >= 4 is 21.6 Å². The number of para-hydroxylation sites is 1. The van der Waals surface area contributed by atoms with Crippen LogP contribution in [0.25, 0.3) is 0 Å². The first kappa shape index (κ1) is 21.2. The maximum Gasteiger partial charge on any atom is 0.268 e. The monoisotopic (exact) mass is 416 g/mol. The molecule has 2 aromatic carbocycles. The molecule has 1 aliphatic rings. The summed E-state index contributed by atoms with van der Waals surface area (Å²) < 4.78 is 33.8. The molecule has 1 amide bonds. The Morgan fingerprint density at radius 1 is 1.17 bits per heavy atom. The van der Waals surface area contributed by atoms with Crippen LogP contribution in [0.1, 0.15) is 48.5 Å². The summed E-state index contributed by atoms with van der Waals surface area (Å²) in [5.41, 5.74) is 2.01. The molecule has 0 saturated carbocycles. The molecule has 0 bridgehead atoms. The highest BCUT2D eigenvalue weighted by atomic mass is 32.2. The van der Waals surface area contributed by atoms with Gasteiger partial charge < -0.3 is 10.1 Å². The molecule has 0 spiro atoms. The highest BCUT2D eigenvalue weighted by Crippen LogP contribution is 2.35. The van der Waals surface area contributed by atoms with Crippen molar-refractivity contribution < 1.29 is 17.9 Å². The van der Waals surface area contributed by atoms with Crippen molar-refractivity contribution in [3.8, 4) is 5.75 Å². The molecule has 7 heteroatoms. The predicted molar refractivity (Wildman–Crippen MR) is 114 cm³/mol. The summed E-state index contributed by atoms with van der Waals surface area (Å²) in [4.78, 5) is 12.5. The number of anilines is 1. The molecular formula is C22H28N2O4S. The number of hydrogen-bond acceptors (Lipinski definition) is 4. The van der Waals surface area contributed by atoms with E-state index < -0.39 is 10.0 Å². The first-order valence-corrected chi connectivity index (χ1v) is 11.5. The molecule has 6 nitrogen and oxygen atoms in total. The van der Waals surface area contributed by atoms with E-state index >= 15 is 0 Å². The first-order valence-electron chi connectivity index (χ1n) is 10.1. The standard InChI is InChI=1S/C22H28N2O4S/c1-3-4-7-14-23-22(25)18-12-13-20(28-2)21(16-18)29(26,27)24-15-8-10-17-9-5-6-11-19(17)24/h5-6,9,11-13,16H,3-4,7-8,10,14-15H2,1-2H3,(H,23,25). The molecular weight excluding hydrogens is 388 g/mol. The lowest BCUT2D eigenvalue weighted by Crippen LogP contribution is -2.36. The topological polar surface area (TPSA) is 75.7 Å². The van der Waals surface area contributed by atoms with Crippen LogP contribution in [0.5, 0.6) is 5.75 Å². The Bertz CT molecular complexity index is 973. The van der Waals surface area contributed by atoms with Gasteiger partial charge in [0, 0.05) is 18.7 Å². The van der Waals surface area contributed by atoms with Gasteiger partial charge in [0.15, 0.2) is 0 Å². The molecule has 156 valence electrons. The Hall–Kier alpha value is -2.54. The van der Waals surface area contributed by atoms with E-state index in [4.69, 9.17) is 4.74 Å². The molecule has 2 aromatic rings. The van der Waals surface area contributed by atoms with E-state index in [-0.39, 0.29) is 16.6 Å². The summed E-state index contributed by atoms with van der Waals surface area (Å²) in [6.45, 7) is 3.07. The van der Waals surface area contributed by atoms with Crippen LogP contribution in [-0.2, 0) is 16.4 Å². The van der Waals surface area contributed by atoms with Crippen LogP contribution in [0.4, 0.5) is 5.69 Å². The summed E-state index contributed by atoms with van der Waals surface area (Å²) >= 11 is 0. The zero-order valence-corrected chi connectivity index (χ0v) is 17.8. The predicted octanol–water partition coefficient (Wildman–Crippen LogP) is 3.76. The molecule has 1 N–H and O–H groups in total. The van der Waals surface area contributed by atoms with Crippen LogP contribution in [0.2, 0.25) is 0 Å². The lowest BCUT2D eigenvalue weighted by atomic mass is 10.0. The van der Waals surface area contributed by atoms with Crippen LogP contribution in [-0.4, -0.2) is 34.5 Å². The Morgan fingerprint density at radius 3 is 2.72 bits per heavy atom. The minimum absolute atomic E-state index is 0.0120. The van der Waals surface area contributed by atoms with Gasteiger partial charge in [0.25, 0.3) is 15.9 Å². The summed E-state index contributed by atoms with van der Waals surface area (Å²) in [7, 11) is -2.44. The average Bonchev–Trinajstić information content (AvgIpc) is 2.75. The SMILES string of the molecule is CCCCCNC(=O)c1ccc(OC)c(S(=O)(=O)N2CCCc3ccccc32)c1. The minimum Gasteiger partial charge on any atom is -0.495 e. The Labute approximate surface area is 172 Å². The molecule has 0 atom stereocenters. The van der Waals surface area contributed by atoms with Gasteiger partial charge in [-0.2, -0.15) is 0 Å². The Kier molecular flexibility index (Phi) is 6.79. The molecule has 0 radical (unpaired) electrons. The second-order valence-electron chi connectivity index (χ2n) is 7.14. The maximum atomic E-state index is 13.5. The van der Waals surface area contributed by atoms with Crippen molar-refractivity contribution in [1.82, 2.24) is 5.32 Å². The van der Waals surface area contributed by atoms with Crippen LogP contribution in [0.15, 0.2) is 47.4 Å². The van der Waals surface area contributed by atoms with Gasteiger partial charge in [0.2, 0.25) is 0 Å². The minimum atomic E-state index is -3.87. The normalized spacial score (nSPS) is 13.7. The van der Waals surface area contributed by atoms with Crippen molar-refractivity contribution in [2.75, 3.05) is 24.5 Å². The van der Waals surface area contributed by atoms with Crippen molar-refractivity contribution in [1.29, 1.82) is 0 Å². The lowest BCUT2D eigenvalue weighted by Gasteiger charge is -2.31. The number of unbranched alkanes of at least 4 members (excludes halogenated alkanes) is 2. The van der Waals surface area contributed by atoms with Crippen LogP contribution in [0.3, 0.4) is 0 Å². The second kappa shape index (κ2) is 9.31. The molecule has 0 aromatic heterocycles. The molecule has 0 fully saturated rings. The van der Waals surface area contributed by atoms with Crippen LogP contribution >= 0.6 is 0 Å².